The molecule has 1 atom stereocenters. The Kier molecular flexibility index (Phi) is 4.04. The first-order chi connectivity index (χ1) is 6.26. The number of hydrogen-bond acceptors (Lipinski definition) is 5. The van der Waals surface area contributed by atoms with Gasteiger partial charge in [-0.25, -0.2) is 0 Å². The monoisotopic (exact) mass is 203 g/mol. The second-order valence-corrected chi connectivity index (χ2v) is 3.73. The fourth-order valence-corrected chi connectivity index (χ4v) is 1.66. The molecule has 0 saturated heterocycles. The number of ether oxygens (including phenoxy) is 1. The maximum absolute atomic E-state index is 11.0. The number of hydrogen-bond donors (Lipinski definition) is 2. The van der Waals surface area contributed by atoms with Crippen molar-refractivity contribution in [1.29, 1.82) is 0 Å². The SMILES string of the molecule is CCC1NN=C(NC(=O)COC)S1. The minimum absolute atomic E-state index is 0.0658. The van der Waals surface area contributed by atoms with Crippen LogP contribution in [0, 0.1) is 0 Å². The summed E-state index contributed by atoms with van der Waals surface area (Å²) in [6, 6.07) is 0. The van der Waals surface area contributed by atoms with Gasteiger partial charge in [-0.2, -0.15) is 5.10 Å². The van der Waals surface area contributed by atoms with Crippen LogP contribution >= 0.6 is 11.8 Å². The van der Waals surface area contributed by atoms with Crippen molar-refractivity contribution in [3.8, 4) is 0 Å². The van der Waals surface area contributed by atoms with Crippen LogP contribution in [-0.4, -0.2) is 30.2 Å². The van der Waals surface area contributed by atoms with Gasteiger partial charge in [0.1, 0.15) is 6.61 Å². The molecule has 0 aromatic rings. The topological polar surface area (TPSA) is 62.7 Å². The zero-order chi connectivity index (χ0) is 9.68. The minimum atomic E-state index is -0.174. The van der Waals surface area contributed by atoms with Gasteiger partial charge in [-0.3, -0.25) is 10.2 Å². The van der Waals surface area contributed by atoms with E-state index in [-0.39, 0.29) is 17.9 Å². The Bertz CT molecular complexity index is 220. The lowest BCUT2D eigenvalue weighted by molar-refractivity contribution is -0.123. The van der Waals surface area contributed by atoms with Crippen molar-refractivity contribution in [1.82, 2.24) is 10.7 Å². The molecule has 5 nitrogen and oxygen atoms in total. The van der Waals surface area contributed by atoms with Crippen LogP contribution in [0.2, 0.25) is 0 Å². The van der Waals surface area contributed by atoms with Crippen LogP contribution < -0.4 is 10.7 Å². The van der Waals surface area contributed by atoms with Crippen molar-refractivity contribution in [2.45, 2.75) is 18.7 Å². The van der Waals surface area contributed by atoms with Crippen molar-refractivity contribution >= 4 is 22.8 Å². The summed E-state index contributed by atoms with van der Waals surface area (Å²) < 4.78 is 4.67. The molecule has 0 radical (unpaired) electrons. The number of amidine groups is 1. The van der Waals surface area contributed by atoms with E-state index in [1.165, 1.54) is 18.9 Å². The molecule has 0 saturated carbocycles. The Hall–Kier alpha value is -0.750. The number of hydrazone groups is 1. The third-order valence-electron chi connectivity index (χ3n) is 1.46. The number of thioether (sulfide) groups is 1. The Morgan fingerprint density at radius 3 is 3.15 bits per heavy atom. The number of carbonyl (C=O) groups is 1. The van der Waals surface area contributed by atoms with Gasteiger partial charge in [-0.1, -0.05) is 18.7 Å². The van der Waals surface area contributed by atoms with Gasteiger partial charge in [-0.05, 0) is 6.42 Å². The number of carbonyl (C=O) groups excluding carboxylic acids is 1. The first kappa shape index (κ1) is 10.3. The van der Waals surface area contributed by atoms with Crippen molar-refractivity contribution < 1.29 is 9.53 Å². The van der Waals surface area contributed by atoms with Crippen LogP contribution in [0.3, 0.4) is 0 Å². The lowest BCUT2D eigenvalue weighted by atomic mass is 10.5. The lowest BCUT2D eigenvalue weighted by Gasteiger charge is -2.04. The standard InChI is InChI=1S/C7H13N3O2S/c1-3-6-9-10-7(13-6)8-5(11)4-12-2/h6,9H,3-4H2,1-2H3,(H,8,10,11). The fraction of sp³-hybridized carbons (Fsp3) is 0.714. The predicted molar refractivity (Wildman–Crippen MR) is 52.3 cm³/mol. The first-order valence-corrected chi connectivity index (χ1v) is 4.93. The normalized spacial score (nSPS) is 20.8. The van der Waals surface area contributed by atoms with Gasteiger partial charge in [0.15, 0.2) is 5.17 Å². The molecule has 0 aliphatic carbocycles. The van der Waals surface area contributed by atoms with Gasteiger partial charge < -0.3 is 10.1 Å². The molecule has 0 aromatic heterocycles. The highest BCUT2D eigenvalue weighted by atomic mass is 32.2. The van der Waals surface area contributed by atoms with E-state index in [0.717, 1.165) is 6.42 Å². The second kappa shape index (κ2) is 5.08. The molecule has 0 aromatic carbocycles. The van der Waals surface area contributed by atoms with Gasteiger partial charge in [0.25, 0.3) is 5.91 Å². The maximum atomic E-state index is 11.0. The predicted octanol–water partition coefficient (Wildman–Crippen LogP) is 0.0925. The fourth-order valence-electron chi connectivity index (χ4n) is 0.837. The summed E-state index contributed by atoms with van der Waals surface area (Å²) in [4.78, 5) is 11.0. The average Bonchev–Trinajstić information content (AvgIpc) is 2.52. The molecule has 0 spiro atoms. The lowest BCUT2D eigenvalue weighted by Crippen LogP contribution is -2.30. The van der Waals surface area contributed by atoms with E-state index in [9.17, 15) is 4.79 Å². The van der Waals surface area contributed by atoms with Gasteiger partial charge in [-0.15, -0.1) is 0 Å². The van der Waals surface area contributed by atoms with E-state index in [0.29, 0.717) is 5.17 Å². The molecule has 13 heavy (non-hydrogen) atoms. The molecule has 74 valence electrons. The summed E-state index contributed by atoms with van der Waals surface area (Å²) in [5, 5.41) is 7.48. The molecular weight excluding hydrogens is 190 g/mol. The Morgan fingerprint density at radius 1 is 1.85 bits per heavy atom. The van der Waals surface area contributed by atoms with Crippen molar-refractivity contribution in [3.63, 3.8) is 0 Å². The molecule has 1 aliphatic heterocycles. The van der Waals surface area contributed by atoms with Gasteiger partial charge in [0.05, 0.1) is 5.37 Å². The molecule has 0 bridgehead atoms. The van der Waals surface area contributed by atoms with Crippen LogP contribution in [0.5, 0.6) is 0 Å². The van der Waals surface area contributed by atoms with Crippen LogP contribution in [0.15, 0.2) is 5.10 Å². The second-order valence-electron chi connectivity index (χ2n) is 2.54. The molecule has 0 fully saturated rings. The van der Waals surface area contributed by atoms with Crippen LogP contribution in [0.4, 0.5) is 0 Å². The highest BCUT2D eigenvalue weighted by molar-refractivity contribution is 8.14. The van der Waals surface area contributed by atoms with Crippen molar-refractivity contribution in [2.75, 3.05) is 13.7 Å². The summed E-state index contributed by atoms with van der Waals surface area (Å²) >= 11 is 1.52. The number of amides is 1. The Balaban J connectivity index is 2.27. The summed E-state index contributed by atoms with van der Waals surface area (Å²) in [6.07, 6.45) is 0.970. The van der Waals surface area contributed by atoms with E-state index in [4.69, 9.17) is 0 Å². The summed E-state index contributed by atoms with van der Waals surface area (Å²) in [7, 11) is 1.48. The summed E-state index contributed by atoms with van der Waals surface area (Å²) in [5.41, 5.74) is 2.90. The van der Waals surface area contributed by atoms with E-state index in [2.05, 4.69) is 27.5 Å². The number of nitrogens with one attached hydrogen (secondary N) is 2. The Morgan fingerprint density at radius 2 is 2.62 bits per heavy atom. The summed E-state index contributed by atoms with van der Waals surface area (Å²) in [5.74, 6) is -0.174. The number of methoxy groups -OCH3 is 1. The zero-order valence-corrected chi connectivity index (χ0v) is 8.48. The van der Waals surface area contributed by atoms with E-state index in [1.807, 2.05) is 0 Å². The Labute approximate surface area is 81.3 Å². The quantitative estimate of drug-likeness (QED) is 0.682. The van der Waals surface area contributed by atoms with Crippen LogP contribution in [0.1, 0.15) is 13.3 Å². The largest absolute Gasteiger partial charge is 0.375 e. The van der Waals surface area contributed by atoms with Gasteiger partial charge in [0, 0.05) is 7.11 Å². The number of nitrogens with zero attached hydrogens (tertiary/aromatic N) is 1. The highest BCUT2D eigenvalue weighted by Crippen LogP contribution is 2.17. The van der Waals surface area contributed by atoms with E-state index in [1.54, 1.807) is 0 Å². The molecule has 2 N–H and O–H groups in total. The van der Waals surface area contributed by atoms with E-state index < -0.39 is 0 Å². The molecule has 1 aliphatic rings. The molecular formula is C7H13N3O2S. The molecule has 1 rings (SSSR count). The minimum Gasteiger partial charge on any atom is -0.375 e. The van der Waals surface area contributed by atoms with E-state index >= 15 is 0 Å². The molecule has 6 heteroatoms. The number of rotatable bonds is 3. The third-order valence-corrected chi connectivity index (χ3v) is 2.60. The molecule has 1 unspecified atom stereocenters. The van der Waals surface area contributed by atoms with Gasteiger partial charge in [0.2, 0.25) is 0 Å². The zero-order valence-electron chi connectivity index (χ0n) is 7.66. The maximum Gasteiger partial charge on any atom is 0.251 e. The van der Waals surface area contributed by atoms with Crippen LogP contribution in [0.25, 0.3) is 0 Å². The summed E-state index contributed by atoms with van der Waals surface area (Å²) in [6.45, 7) is 2.12. The molecule has 1 amide bonds. The third kappa shape index (κ3) is 3.23. The highest BCUT2D eigenvalue weighted by Gasteiger charge is 2.18. The smallest absolute Gasteiger partial charge is 0.251 e. The van der Waals surface area contributed by atoms with Crippen molar-refractivity contribution in [3.05, 3.63) is 0 Å². The molecule has 1 heterocycles. The van der Waals surface area contributed by atoms with Crippen LogP contribution in [-0.2, 0) is 9.53 Å². The first-order valence-electron chi connectivity index (χ1n) is 4.05. The van der Waals surface area contributed by atoms with Gasteiger partial charge >= 0.3 is 0 Å². The average molecular weight is 203 g/mol. The van der Waals surface area contributed by atoms with Crippen molar-refractivity contribution in [2.24, 2.45) is 5.10 Å².